The molecule has 0 aliphatic carbocycles. The van der Waals surface area contributed by atoms with E-state index in [4.69, 9.17) is 11.6 Å². The number of carbonyl (C=O) groups excluding carboxylic acids is 1. The molecule has 1 N–H and O–H groups in total. The zero-order valence-electron chi connectivity index (χ0n) is 13.4. The summed E-state index contributed by atoms with van der Waals surface area (Å²) in [7, 11) is 0. The molecule has 0 bridgehead atoms. The van der Waals surface area contributed by atoms with Gasteiger partial charge in [0, 0.05) is 23.6 Å². The van der Waals surface area contributed by atoms with Crippen LogP contribution in [0.3, 0.4) is 0 Å². The smallest absolute Gasteiger partial charge is 0.247 e. The summed E-state index contributed by atoms with van der Waals surface area (Å²) in [5.74, 6) is -0.256. The van der Waals surface area contributed by atoms with Crippen molar-refractivity contribution in [3.63, 3.8) is 0 Å². The first kappa shape index (κ1) is 16.9. The van der Waals surface area contributed by atoms with E-state index in [1.165, 1.54) is 6.08 Å². The van der Waals surface area contributed by atoms with Crippen LogP contribution in [-0.4, -0.2) is 15.9 Å². The molecule has 0 saturated heterocycles. The molecule has 0 fully saturated rings. The molecule has 1 aromatic carbocycles. The molecule has 0 aliphatic rings. The Bertz CT molecular complexity index is 910. The van der Waals surface area contributed by atoms with Crippen LogP contribution in [-0.2, 0) is 11.2 Å². The first-order valence-corrected chi connectivity index (χ1v) is 8.11. The van der Waals surface area contributed by atoms with E-state index in [2.05, 4.69) is 21.9 Å². The van der Waals surface area contributed by atoms with Gasteiger partial charge in [-0.2, -0.15) is 0 Å². The van der Waals surface area contributed by atoms with Crippen LogP contribution in [0.2, 0.25) is 5.15 Å². The van der Waals surface area contributed by atoms with Gasteiger partial charge in [-0.15, -0.1) is 0 Å². The zero-order valence-corrected chi connectivity index (χ0v) is 14.2. The number of rotatable bonds is 5. The predicted molar refractivity (Wildman–Crippen MR) is 101 cm³/mol. The number of benzene rings is 1. The van der Waals surface area contributed by atoms with Gasteiger partial charge in [-0.05, 0) is 54.0 Å². The minimum absolute atomic E-state index is 0.256. The first-order chi connectivity index (χ1) is 12.1. The van der Waals surface area contributed by atoms with Crippen LogP contribution in [0.25, 0.3) is 11.3 Å². The van der Waals surface area contributed by atoms with Crippen LogP contribution >= 0.6 is 11.6 Å². The van der Waals surface area contributed by atoms with Gasteiger partial charge < -0.3 is 5.32 Å². The summed E-state index contributed by atoms with van der Waals surface area (Å²) in [6.45, 7) is 3.45. The molecule has 5 heteroatoms. The molecule has 3 rings (SSSR count). The summed E-state index contributed by atoms with van der Waals surface area (Å²) in [6.07, 6.45) is 5.53. The van der Waals surface area contributed by atoms with Crippen LogP contribution in [0.4, 0.5) is 5.69 Å². The monoisotopic (exact) mass is 349 g/mol. The molecule has 3 aromatic rings. The van der Waals surface area contributed by atoms with Crippen molar-refractivity contribution >= 4 is 23.2 Å². The fourth-order valence-electron chi connectivity index (χ4n) is 2.49. The molecule has 4 nitrogen and oxygen atoms in total. The van der Waals surface area contributed by atoms with Crippen molar-refractivity contribution in [2.75, 3.05) is 5.32 Å². The number of amides is 1. The third-order valence-electron chi connectivity index (χ3n) is 3.60. The Hall–Kier alpha value is -2.98. The Morgan fingerprint density at radius 2 is 2.04 bits per heavy atom. The van der Waals surface area contributed by atoms with E-state index in [0.29, 0.717) is 10.8 Å². The van der Waals surface area contributed by atoms with Crippen molar-refractivity contribution in [3.8, 4) is 11.3 Å². The molecular weight excluding hydrogens is 334 g/mol. The third kappa shape index (κ3) is 4.52. The summed E-state index contributed by atoms with van der Waals surface area (Å²) < 4.78 is 0. The second-order valence-corrected chi connectivity index (χ2v) is 5.88. The molecule has 0 spiro atoms. The topological polar surface area (TPSA) is 54.9 Å². The molecule has 0 aliphatic heterocycles. The maximum Gasteiger partial charge on any atom is 0.247 e. The van der Waals surface area contributed by atoms with Gasteiger partial charge in [-0.1, -0.05) is 36.4 Å². The van der Waals surface area contributed by atoms with E-state index in [1.807, 2.05) is 54.7 Å². The lowest BCUT2D eigenvalue weighted by Gasteiger charge is -2.08. The minimum Gasteiger partial charge on any atom is -0.323 e. The Morgan fingerprint density at radius 3 is 2.80 bits per heavy atom. The largest absolute Gasteiger partial charge is 0.323 e. The number of halogens is 1. The molecule has 2 heterocycles. The molecular formula is C20H16ClN3O. The van der Waals surface area contributed by atoms with Gasteiger partial charge in [-0.25, -0.2) is 4.98 Å². The number of nitrogens with one attached hydrogen (secondary N) is 1. The normalized spacial score (nSPS) is 10.3. The van der Waals surface area contributed by atoms with Crippen LogP contribution in [0.5, 0.6) is 0 Å². The second kappa shape index (κ2) is 7.73. The fourth-order valence-corrected chi connectivity index (χ4v) is 2.72. The quantitative estimate of drug-likeness (QED) is 0.544. The number of nitrogens with zero attached hydrogens (tertiary/aromatic N) is 2. The van der Waals surface area contributed by atoms with Crippen molar-refractivity contribution in [2.24, 2.45) is 0 Å². The molecule has 0 atom stereocenters. The maximum absolute atomic E-state index is 11.5. The Morgan fingerprint density at radius 1 is 1.16 bits per heavy atom. The predicted octanol–water partition coefficient (Wildman–Crippen LogP) is 4.51. The van der Waals surface area contributed by atoms with Gasteiger partial charge in [0.25, 0.3) is 0 Å². The number of hydrogen-bond acceptors (Lipinski definition) is 3. The van der Waals surface area contributed by atoms with Crippen molar-refractivity contribution in [3.05, 3.63) is 89.9 Å². The van der Waals surface area contributed by atoms with Gasteiger partial charge in [-0.3, -0.25) is 9.78 Å². The molecule has 0 radical (unpaired) electrons. The molecule has 0 saturated carbocycles. The summed E-state index contributed by atoms with van der Waals surface area (Å²) in [5, 5.41) is 3.17. The van der Waals surface area contributed by atoms with Crippen molar-refractivity contribution in [1.82, 2.24) is 9.97 Å². The van der Waals surface area contributed by atoms with Crippen molar-refractivity contribution in [2.45, 2.75) is 6.42 Å². The SMILES string of the molecule is C=CC(=O)Nc1cccc(-c2cc(Cc3cccnc3)cc(Cl)n2)c1. The van der Waals surface area contributed by atoms with E-state index >= 15 is 0 Å². The highest BCUT2D eigenvalue weighted by molar-refractivity contribution is 6.29. The molecule has 1 amide bonds. The Kier molecular flexibility index (Phi) is 5.21. The minimum atomic E-state index is -0.256. The van der Waals surface area contributed by atoms with Gasteiger partial charge in [0.05, 0.1) is 5.69 Å². The van der Waals surface area contributed by atoms with Crippen LogP contribution < -0.4 is 5.32 Å². The van der Waals surface area contributed by atoms with E-state index in [9.17, 15) is 4.79 Å². The summed E-state index contributed by atoms with van der Waals surface area (Å²) in [6, 6.07) is 15.2. The van der Waals surface area contributed by atoms with Gasteiger partial charge >= 0.3 is 0 Å². The summed E-state index contributed by atoms with van der Waals surface area (Å²) in [4.78, 5) is 20.0. The number of carbonyl (C=O) groups is 1. The Balaban J connectivity index is 1.91. The van der Waals surface area contributed by atoms with Gasteiger partial charge in [0.2, 0.25) is 5.91 Å². The number of anilines is 1. The molecule has 2 aromatic heterocycles. The van der Waals surface area contributed by atoms with E-state index in [1.54, 1.807) is 6.20 Å². The van der Waals surface area contributed by atoms with Gasteiger partial charge in [0.1, 0.15) is 5.15 Å². The van der Waals surface area contributed by atoms with Gasteiger partial charge in [0.15, 0.2) is 0 Å². The number of aromatic nitrogens is 2. The van der Waals surface area contributed by atoms with E-state index in [0.717, 1.165) is 28.8 Å². The highest BCUT2D eigenvalue weighted by Crippen LogP contribution is 2.25. The maximum atomic E-state index is 11.5. The molecule has 25 heavy (non-hydrogen) atoms. The Labute approximate surface area is 151 Å². The lowest BCUT2D eigenvalue weighted by atomic mass is 10.0. The molecule has 0 unspecified atom stereocenters. The second-order valence-electron chi connectivity index (χ2n) is 5.50. The van der Waals surface area contributed by atoms with Crippen LogP contribution in [0, 0.1) is 0 Å². The van der Waals surface area contributed by atoms with Crippen LogP contribution in [0.15, 0.2) is 73.6 Å². The standard InChI is InChI=1S/C20H16ClN3O/c1-2-20(25)23-17-7-3-6-16(12-17)18-10-15(11-19(21)24-18)9-14-5-4-8-22-13-14/h2-8,10-13H,1,9H2,(H,23,25). The highest BCUT2D eigenvalue weighted by atomic mass is 35.5. The molecule has 124 valence electrons. The first-order valence-electron chi connectivity index (χ1n) is 7.73. The number of pyridine rings is 2. The summed E-state index contributed by atoms with van der Waals surface area (Å²) >= 11 is 6.20. The average molecular weight is 350 g/mol. The highest BCUT2D eigenvalue weighted by Gasteiger charge is 2.07. The zero-order chi connectivity index (χ0) is 17.6. The van der Waals surface area contributed by atoms with E-state index in [-0.39, 0.29) is 5.91 Å². The lowest BCUT2D eigenvalue weighted by Crippen LogP contribution is -2.07. The average Bonchev–Trinajstić information content (AvgIpc) is 2.62. The van der Waals surface area contributed by atoms with Crippen LogP contribution in [0.1, 0.15) is 11.1 Å². The third-order valence-corrected chi connectivity index (χ3v) is 3.79. The van der Waals surface area contributed by atoms with Crippen molar-refractivity contribution in [1.29, 1.82) is 0 Å². The number of hydrogen-bond donors (Lipinski definition) is 1. The fraction of sp³-hybridized carbons (Fsp3) is 0.0500. The summed E-state index contributed by atoms with van der Waals surface area (Å²) in [5.41, 5.74) is 4.45. The van der Waals surface area contributed by atoms with Crippen molar-refractivity contribution < 1.29 is 4.79 Å². The van der Waals surface area contributed by atoms with E-state index < -0.39 is 0 Å². The lowest BCUT2D eigenvalue weighted by molar-refractivity contribution is -0.111.